The van der Waals surface area contributed by atoms with E-state index >= 15 is 0 Å². The first-order valence-electron chi connectivity index (χ1n) is 6.92. The Morgan fingerprint density at radius 1 is 1.09 bits per heavy atom. The van der Waals surface area contributed by atoms with E-state index in [1.807, 2.05) is 32.0 Å². The molecule has 0 spiro atoms. The minimum atomic E-state index is -2.96. The van der Waals surface area contributed by atoms with Gasteiger partial charge in [-0.2, -0.15) is 8.78 Å². The van der Waals surface area contributed by atoms with Gasteiger partial charge in [-0.25, -0.2) is 0 Å². The van der Waals surface area contributed by atoms with E-state index in [1.165, 1.54) is 25.3 Å². The lowest BCUT2D eigenvalue weighted by molar-refractivity contribution is -0.0512. The van der Waals surface area contributed by atoms with Crippen LogP contribution in [0.3, 0.4) is 0 Å². The molecule has 0 aliphatic rings. The summed E-state index contributed by atoms with van der Waals surface area (Å²) in [6.45, 7) is 0.896. The maximum Gasteiger partial charge on any atom is 0.387 e. The Balaban J connectivity index is 2.22. The molecule has 0 aliphatic carbocycles. The molecule has 0 radical (unpaired) electrons. The quantitative estimate of drug-likeness (QED) is 0.899. The fraction of sp³-hybridized carbons (Fsp3) is 0.235. The SMILES string of the molecule is COc1cc(C(=O)Nc2ccc(C)cc2C)ccc1OC(F)F. The van der Waals surface area contributed by atoms with Gasteiger partial charge in [-0.3, -0.25) is 4.79 Å². The third-order valence-corrected chi connectivity index (χ3v) is 3.27. The first-order valence-corrected chi connectivity index (χ1v) is 6.92. The molecule has 0 fully saturated rings. The molecule has 0 aliphatic heterocycles. The van der Waals surface area contributed by atoms with Gasteiger partial charge < -0.3 is 14.8 Å². The van der Waals surface area contributed by atoms with Gasteiger partial charge in [0.15, 0.2) is 11.5 Å². The van der Waals surface area contributed by atoms with Crippen molar-refractivity contribution < 1.29 is 23.0 Å². The van der Waals surface area contributed by atoms with Crippen molar-refractivity contribution in [2.24, 2.45) is 0 Å². The third-order valence-electron chi connectivity index (χ3n) is 3.27. The molecular formula is C17H17F2NO3. The number of anilines is 1. The van der Waals surface area contributed by atoms with E-state index in [0.717, 1.165) is 11.1 Å². The second-order valence-corrected chi connectivity index (χ2v) is 5.02. The van der Waals surface area contributed by atoms with E-state index in [9.17, 15) is 13.6 Å². The molecule has 2 rings (SSSR count). The summed E-state index contributed by atoms with van der Waals surface area (Å²) in [5, 5.41) is 2.78. The predicted octanol–water partition coefficient (Wildman–Crippen LogP) is 4.17. The van der Waals surface area contributed by atoms with Gasteiger partial charge in [0.25, 0.3) is 5.91 Å². The average molecular weight is 321 g/mol. The first kappa shape index (κ1) is 16.7. The van der Waals surface area contributed by atoms with E-state index in [0.29, 0.717) is 5.69 Å². The van der Waals surface area contributed by atoms with Crippen molar-refractivity contribution in [2.75, 3.05) is 12.4 Å². The molecule has 6 heteroatoms. The largest absolute Gasteiger partial charge is 0.493 e. The van der Waals surface area contributed by atoms with Crippen molar-refractivity contribution >= 4 is 11.6 Å². The molecule has 0 aromatic heterocycles. The van der Waals surface area contributed by atoms with Crippen molar-refractivity contribution in [3.63, 3.8) is 0 Å². The van der Waals surface area contributed by atoms with Crippen LogP contribution in [-0.4, -0.2) is 19.6 Å². The van der Waals surface area contributed by atoms with Gasteiger partial charge in [0.05, 0.1) is 7.11 Å². The highest BCUT2D eigenvalue weighted by Gasteiger charge is 2.14. The zero-order chi connectivity index (χ0) is 17.0. The summed E-state index contributed by atoms with van der Waals surface area (Å²) in [5.41, 5.74) is 2.99. The third kappa shape index (κ3) is 4.18. The van der Waals surface area contributed by atoms with Crippen molar-refractivity contribution in [1.82, 2.24) is 0 Å². The Labute approximate surface area is 133 Å². The van der Waals surface area contributed by atoms with Gasteiger partial charge in [-0.15, -0.1) is 0 Å². The smallest absolute Gasteiger partial charge is 0.387 e. The summed E-state index contributed by atoms with van der Waals surface area (Å²) in [6, 6.07) is 9.70. The van der Waals surface area contributed by atoms with Crippen LogP contribution in [0.25, 0.3) is 0 Å². The number of aryl methyl sites for hydroxylation is 2. The Bertz CT molecular complexity index is 717. The van der Waals surface area contributed by atoms with Crippen LogP contribution in [-0.2, 0) is 0 Å². The molecule has 1 amide bonds. The minimum absolute atomic E-state index is 0.0681. The monoisotopic (exact) mass is 321 g/mol. The average Bonchev–Trinajstić information content (AvgIpc) is 2.49. The number of hydrogen-bond acceptors (Lipinski definition) is 3. The van der Waals surface area contributed by atoms with E-state index < -0.39 is 6.61 Å². The van der Waals surface area contributed by atoms with Crippen molar-refractivity contribution in [3.05, 3.63) is 53.1 Å². The van der Waals surface area contributed by atoms with Crippen LogP contribution in [0.4, 0.5) is 14.5 Å². The van der Waals surface area contributed by atoms with Gasteiger partial charge in [-0.1, -0.05) is 17.7 Å². The lowest BCUT2D eigenvalue weighted by atomic mass is 10.1. The Morgan fingerprint density at radius 2 is 1.83 bits per heavy atom. The number of carbonyl (C=O) groups is 1. The number of nitrogens with one attached hydrogen (secondary N) is 1. The van der Waals surface area contributed by atoms with Gasteiger partial charge in [0.1, 0.15) is 0 Å². The molecule has 23 heavy (non-hydrogen) atoms. The summed E-state index contributed by atoms with van der Waals surface area (Å²) in [4.78, 5) is 12.3. The molecule has 0 unspecified atom stereocenters. The van der Waals surface area contributed by atoms with Gasteiger partial charge in [0.2, 0.25) is 0 Å². The van der Waals surface area contributed by atoms with Crippen LogP contribution in [0.2, 0.25) is 0 Å². The molecule has 122 valence electrons. The number of rotatable bonds is 5. The number of halogens is 2. The van der Waals surface area contributed by atoms with E-state index in [-0.39, 0.29) is 23.0 Å². The molecule has 4 nitrogen and oxygen atoms in total. The van der Waals surface area contributed by atoms with Gasteiger partial charge >= 0.3 is 6.61 Å². The lowest BCUT2D eigenvalue weighted by Gasteiger charge is -2.12. The van der Waals surface area contributed by atoms with Crippen LogP contribution >= 0.6 is 0 Å². The number of carbonyl (C=O) groups excluding carboxylic acids is 1. The second-order valence-electron chi connectivity index (χ2n) is 5.02. The summed E-state index contributed by atoms with van der Waals surface area (Å²) in [6.07, 6.45) is 0. The molecule has 0 saturated heterocycles. The Kier molecular flexibility index (Phi) is 5.16. The zero-order valence-corrected chi connectivity index (χ0v) is 13.0. The Morgan fingerprint density at radius 3 is 2.43 bits per heavy atom. The van der Waals surface area contributed by atoms with E-state index in [1.54, 1.807) is 0 Å². The number of amides is 1. The number of benzene rings is 2. The highest BCUT2D eigenvalue weighted by molar-refractivity contribution is 6.05. The van der Waals surface area contributed by atoms with Crippen LogP contribution in [0, 0.1) is 13.8 Å². The lowest BCUT2D eigenvalue weighted by Crippen LogP contribution is -2.13. The summed E-state index contributed by atoms with van der Waals surface area (Å²) >= 11 is 0. The van der Waals surface area contributed by atoms with E-state index in [2.05, 4.69) is 10.1 Å². The van der Waals surface area contributed by atoms with Crippen LogP contribution < -0.4 is 14.8 Å². The number of ether oxygens (including phenoxy) is 2. The number of alkyl halides is 2. The summed E-state index contributed by atoms with van der Waals surface area (Å²) < 4.78 is 33.9. The zero-order valence-electron chi connectivity index (χ0n) is 13.0. The number of methoxy groups -OCH3 is 1. The van der Waals surface area contributed by atoms with Crippen molar-refractivity contribution in [2.45, 2.75) is 20.5 Å². The van der Waals surface area contributed by atoms with Crippen LogP contribution in [0.5, 0.6) is 11.5 Å². The van der Waals surface area contributed by atoms with Crippen LogP contribution in [0.15, 0.2) is 36.4 Å². The van der Waals surface area contributed by atoms with Crippen LogP contribution in [0.1, 0.15) is 21.5 Å². The maximum absolute atomic E-state index is 12.3. The van der Waals surface area contributed by atoms with Gasteiger partial charge in [-0.05, 0) is 43.7 Å². The fourth-order valence-electron chi connectivity index (χ4n) is 2.15. The maximum atomic E-state index is 12.3. The standard InChI is InChI=1S/C17H17F2NO3/c1-10-4-6-13(11(2)8-10)20-16(21)12-5-7-14(23-17(18)19)15(9-12)22-3/h4-9,17H,1-3H3,(H,20,21). The first-order chi connectivity index (χ1) is 10.9. The molecule has 2 aromatic rings. The summed E-state index contributed by atoms with van der Waals surface area (Å²) in [7, 11) is 1.32. The normalized spacial score (nSPS) is 10.5. The van der Waals surface area contributed by atoms with Gasteiger partial charge in [0, 0.05) is 11.3 Å². The topological polar surface area (TPSA) is 47.6 Å². The summed E-state index contributed by atoms with van der Waals surface area (Å²) in [5.74, 6) is -0.414. The number of hydrogen-bond donors (Lipinski definition) is 1. The molecule has 0 bridgehead atoms. The predicted molar refractivity (Wildman–Crippen MR) is 83.5 cm³/mol. The Hall–Kier alpha value is -2.63. The molecule has 0 atom stereocenters. The van der Waals surface area contributed by atoms with Crippen molar-refractivity contribution in [1.29, 1.82) is 0 Å². The molecule has 2 aromatic carbocycles. The van der Waals surface area contributed by atoms with E-state index in [4.69, 9.17) is 4.74 Å². The van der Waals surface area contributed by atoms with Crippen molar-refractivity contribution in [3.8, 4) is 11.5 Å². The minimum Gasteiger partial charge on any atom is -0.493 e. The highest BCUT2D eigenvalue weighted by Crippen LogP contribution is 2.30. The highest BCUT2D eigenvalue weighted by atomic mass is 19.3. The molecule has 1 N–H and O–H groups in total. The molecular weight excluding hydrogens is 304 g/mol. The fourth-order valence-corrected chi connectivity index (χ4v) is 2.15. The second kappa shape index (κ2) is 7.09. The molecule has 0 heterocycles. The molecule has 0 saturated carbocycles.